The van der Waals surface area contributed by atoms with Crippen LogP contribution in [0.25, 0.3) is 0 Å². The number of carbonyl (C=O) groups is 1. The van der Waals surface area contributed by atoms with Crippen LogP contribution in [0.5, 0.6) is 0 Å². The number of halogens is 1. The van der Waals surface area contributed by atoms with E-state index in [1.165, 1.54) is 30.5 Å². The summed E-state index contributed by atoms with van der Waals surface area (Å²) in [7, 11) is 2.13. The molecule has 2 amide bonds. The summed E-state index contributed by atoms with van der Waals surface area (Å²) >= 11 is 0. The molecule has 5 heteroatoms. The minimum Gasteiger partial charge on any atom is -0.333 e. The lowest BCUT2D eigenvalue weighted by molar-refractivity contribution is 0.173. The van der Waals surface area contributed by atoms with Crippen LogP contribution in [0, 0.1) is 11.2 Å². The van der Waals surface area contributed by atoms with Crippen LogP contribution in [0.4, 0.5) is 9.18 Å². The molecule has 2 atom stereocenters. The van der Waals surface area contributed by atoms with Crippen LogP contribution in [0.1, 0.15) is 37.0 Å². The Morgan fingerprint density at radius 1 is 1.18 bits per heavy atom. The van der Waals surface area contributed by atoms with Crippen LogP contribution in [-0.4, -0.2) is 48.6 Å². The standard InChI is InChI=1S/C23H26FN3O.H2/c1-26-14-20(23(15-26)11-12-23)25-22(28)27-13-10-16-4-2-3-5-19(16)21(27)17-6-8-18(24)9-7-17;/h2-9,20-21H,10-15H2,1H3,(H,25,28);1H/t20-,21+;/m1./s1. The molecule has 4 nitrogen and oxygen atoms in total. The van der Waals surface area contributed by atoms with E-state index < -0.39 is 0 Å². The molecule has 2 fully saturated rings. The SMILES string of the molecule is CN1C[C@@H](NC(=O)N2CCc3ccccc3[C@@H]2c2ccc(F)cc2)C2(CC2)C1.[HH]. The Hall–Kier alpha value is -2.40. The second-order valence-corrected chi connectivity index (χ2v) is 8.66. The Morgan fingerprint density at radius 3 is 2.68 bits per heavy atom. The number of likely N-dealkylation sites (N-methyl/N-ethyl adjacent to an activating group) is 1. The summed E-state index contributed by atoms with van der Waals surface area (Å²) in [5, 5.41) is 3.34. The fourth-order valence-electron chi connectivity index (χ4n) is 5.11. The van der Waals surface area contributed by atoms with E-state index in [0.29, 0.717) is 6.54 Å². The first-order valence-electron chi connectivity index (χ1n) is 10.1. The first-order valence-corrected chi connectivity index (χ1v) is 10.1. The van der Waals surface area contributed by atoms with Gasteiger partial charge in [0, 0.05) is 26.5 Å². The van der Waals surface area contributed by atoms with Crippen molar-refractivity contribution < 1.29 is 10.6 Å². The number of nitrogens with zero attached hydrogens (tertiary/aromatic N) is 2. The Kier molecular flexibility index (Phi) is 4.16. The van der Waals surface area contributed by atoms with Crippen LogP contribution >= 0.6 is 0 Å². The number of hydrogen-bond acceptors (Lipinski definition) is 2. The summed E-state index contributed by atoms with van der Waals surface area (Å²) in [4.78, 5) is 17.6. The van der Waals surface area contributed by atoms with Gasteiger partial charge in [-0.15, -0.1) is 0 Å². The third-order valence-electron chi connectivity index (χ3n) is 6.74. The minimum absolute atomic E-state index is 0. The zero-order chi connectivity index (χ0) is 19.3. The molecule has 1 N–H and O–H groups in total. The van der Waals surface area contributed by atoms with Crippen molar-refractivity contribution in [2.24, 2.45) is 5.41 Å². The Balaban J connectivity index is 0.00000205. The average Bonchev–Trinajstić information content (AvgIpc) is 3.40. The summed E-state index contributed by atoms with van der Waals surface area (Å²) in [5.74, 6) is -0.256. The van der Waals surface area contributed by atoms with Gasteiger partial charge in [0.15, 0.2) is 0 Å². The van der Waals surface area contributed by atoms with Crippen molar-refractivity contribution >= 4 is 6.03 Å². The molecule has 0 radical (unpaired) electrons. The van der Waals surface area contributed by atoms with Crippen molar-refractivity contribution in [3.8, 4) is 0 Å². The molecule has 1 aliphatic carbocycles. The number of amides is 2. The van der Waals surface area contributed by atoms with E-state index in [4.69, 9.17) is 0 Å². The van der Waals surface area contributed by atoms with Gasteiger partial charge >= 0.3 is 6.03 Å². The average molecular weight is 381 g/mol. The molecule has 2 heterocycles. The summed E-state index contributed by atoms with van der Waals surface area (Å²) in [6.07, 6.45) is 3.25. The lowest BCUT2D eigenvalue weighted by Crippen LogP contribution is -2.51. The number of rotatable bonds is 2. The second-order valence-electron chi connectivity index (χ2n) is 8.66. The van der Waals surface area contributed by atoms with Crippen molar-refractivity contribution in [1.82, 2.24) is 15.1 Å². The number of likely N-dealkylation sites (tertiary alicyclic amines) is 1. The maximum absolute atomic E-state index is 13.5. The van der Waals surface area contributed by atoms with Crippen LogP contribution < -0.4 is 5.32 Å². The largest absolute Gasteiger partial charge is 0.333 e. The third kappa shape index (κ3) is 2.98. The zero-order valence-electron chi connectivity index (χ0n) is 16.2. The maximum Gasteiger partial charge on any atom is 0.318 e. The van der Waals surface area contributed by atoms with Gasteiger partial charge in [0.1, 0.15) is 5.82 Å². The van der Waals surface area contributed by atoms with Crippen molar-refractivity contribution in [2.45, 2.75) is 31.3 Å². The topological polar surface area (TPSA) is 35.6 Å². The zero-order valence-corrected chi connectivity index (χ0v) is 16.2. The molecule has 0 unspecified atom stereocenters. The highest BCUT2D eigenvalue weighted by molar-refractivity contribution is 5.76. The van der Waals surface area contributed by atoms with Gasteiger partial charge in [0.05, 0.1) is 12.1 Å². The van der Waals surface area contributed by atoms with Crippen LogP contribution in [-0.2, 0) is 6.42 Å². The Labute approximate surface area is 166 Å². The number of urea groups is 1. The summed E-state index contributed by atoms with van der Waals surface area (Å²) < 4.78 is 13.5. The van der Waals surface area contributed by atoms with E-state index >= 15 is 0 Å². The molecule has 2 aromatic carbocycles. The van der Waals surface area contributed by atoms with Crippen molar-refractivity contribution in [3.05, 3.63) is 71.0 Å². The lowest BCUT2D eigenvalue weighted by atomic mass is 9.88. The van der Waals surface area contributed by atoms with E-state index in [0.717, 1.165) is 30.6 Å². The Morgan fingerprint density at radius 2 is 1.93 bits per heavy atom. The number of fused-ring (bicyclic) bond motifs is 1. The van der Waals surface area contributed by atoms with Gasteiger partial charge < -0.3 is 15.1 Å². The molecule has 5 rings (SSSR count). The molecular weight excluding hydrogens is 353 g/mol. The molecule has 2 aliphatic heterocycles. The molecule has 1 spiro atoms. The highest BCUT2D eigenvalue weighted by Crippen LogP contribution is 2.52. The van der Waals surface area contributed by atoms with Gasteiger partial charge in [-0.1, -0.05) is 36.4 Å². The van der Waals surface area contributed by atoms with Crippen LogP contribution in [0.2, 0.25) is 0 Å². The molecule has 3 aliphatic rings. The van der Waals surface area contributed by atoms with Gasteiger partial charge in [-0.3, -0.25) is 0 Å². The lowest BCUT2D eigenvalue weighted by Gasteiger charge is -2.38. The Bertz CT molecular complexity index is 899. The molecule has 148 valence electrons. The summed E-state index contributed by atoms with van der Waals surface area (Å²) in [6, 6.07) is 14.9. The molecule has 1 saturated carbocycles. The smallest absolute Gasteiger partial charge is 0.318 e. The first kappa shape index (κ1) is 17.7. The van der Waals surface area contributed by atoms with Gasteiger partial charge in [-0.2, -0.15) is 0 Å². The molecule has 0 bridgehead atoms. The highest BCUT2D eigenvalue weighted by atomic mass is 19.1. The minimum atomic E-state index is -0.256. The summed E-state index contributed by atoms with van der Waals surface area (Å²) in [5.41, 5.74) is 3.64. The molecule has 2 aromatic rings. The highest BCUT2D eigenvalue weighted by Gasteiger charge is 2.55. The quantitative estimate of drug-likeness (QED) is 0.858. The van der Waals surface area contributed by atoms with Crippen molar-refractivity contribution in [3.63, 3.8) is 0 Å². The van der Waals surface area contributed by atoms with E-state index in [1.807, 2.05) is 17.0 Å². The predicted molar refractivity (Wildman–Crippen MR) is 109 cm³/mol. The monoisotopic (exact) mass is 381 g/mol. The molecule has 0 aromatic heterocycles. The predicted octanol–water partition coefficient (Wildman–Crippen LogP) is 3.82. The van der Waals surface area contributed by atoms with Crippen molar-refractivity contribution in [1.29, 1.82) is 0 Å². The van der Waals surface area contributed by atoms with E-state index in [2.05, 4.69) is 29.4 Å². The summed E-state index contributed by atoms with van der Waals surface area (Å²) in [6.45, 7) is 2.65. The van der Waals surface area contributed by atoms with Gasteiger partial charge in [-0.25, -0.2) is 9.18 Å². The third-order valence-corrected chi connectivity index (χ3v) is 6.74. The van der Waals surface area contributed by atoms with E-state index in [9.17, 15) is 9.18 Å². The second kappa shape index (κ2) is 6.59. The van der Waals surface area contributed by atoms with Gasteiger partial charge in [-0.05, 0) is 55.1 Å². The maximum atomic E-state index is 13.5. The number of nitrogens with one attached hydrogen (secondary N) is 1. The fourth-order valence-corrected chi connectivity index (χ4v) is 5.11. The van der Waals surface area contributed by atoms with Gasteiger partial charge in [0.25, 0.3) is 0 Å². The number of benzene rings is 2. The van der Waals surface area contributed by atoms with Crippen LogP contribution in [0.3, 0.4) is 0 Å². The number of hydrogen-bond donors (Lipinski definition) is 1. The van der Waals surface area contributed by atoms with E-state index in [-0.39, 0.29) is 30.8 Å². The van der Waals surface area contributed by atoms with E-state index in [1.54, 1.807) is 12.1 Å². The number of carbonyl (C=O) groups excluding carboxylic acids is 1. The van der Waals surface area contributed by atoms with Gasteiger partial charge in [0.2, 0.25) is 0 Å². The molecule has 28 heavy (non-hydrogen) atoms. The van der Waals surface area contributed by atoms with Crippen LogP contribution in [0.15, 0.2) is 48.5 Å². The molecule has 1 saturated heterocycles. The fraction of sp³-hybridized carbons (Fsp3) is 0.435. The normalized spacial score (nSPS) is 25.6. The van der Waals surface area contributed by atoms with Crippen molar-refractivity contribution in [2.75, 3.05) is 26.7 Å². The first-order chi connectivity index (χ1) is 13.6. The molecular formula is C23H28FN3O.